The van der Waals surface area contributed by atoms with Gasteiger partial charge in [-0.05, 0) is 49.6 Å². The summed E-state index contributed by atoms with van der Waals surface area (Å²) in [5.74, 6) is 1.74. The van der Waals surface area contributed by atoms with Gasteiger partial charge in [0.25, 0.3) is 0 Å². The maximum absolute atomic E-state index is 2.74. The molecule has 1 saturated carbocycles. The molecule has 0 amide bonds. The third-order valence-corrected chi connectivity index (χ3v) is 4.74. The van der Waals surface area contributed by atoms with E-state index in [1.165, 1.54) is 44.3 Å². The average Bonchev–Trinajstić information content (AvgIpc) is 2.99. The first kappa shape index (κ1) is 11.3. The number of hydrogen-bond acceptors (Lipinski definition) is 1. The zero-order chi connectivity index (χ0) is 11.7. The SMILES string of the molecule is CC(CCN1C[C@H]2CC[C@H]1C2)c1ccccc1. The Kier molecular flexibility index (Phi) is 3.19. The molecule has 0 radical (unpaired) electrons. The van der Waals surface area contributed by atoms with Gasteiger partial charge in [-0.1, -0.05) is 37.3 Å². The predicted molar refractivity (Wildman–Crippen MR) is 72.2 cm³/mol. The topological polar surface area (TPSA) is 3.24 Å². The van der Waals surface area contributed by atoms with Gasteiger partial charge in [-0.3, -0.25) is 0 Å². The van der Waals surface area contributed by atoms with Crippen molar-refractivity contribution in [3.8, 4) is 0 Å². The van der Waals surface area contributed by atoms with Gasteiger partial charge in [-0.25, -0.2) is 0 Å². The summed E-state index contributed by atoms with van der Waals surface area (Å²) >= 11 is 0. The summed E-state index contributed by atoms with van der Waals surface area (Å²) in [5.41, 5.74) is 1.50. The second-order valence-corrected chi connectivity index (χ2v) is 5.93. The summed E-state index contributed by atoms with van der Waals surface area (Å²) in [6.45, 7) is 5.05. The highest BCUT2D eigenvalue weighted by Gasteiger charge is 2.37. The van der Waals surface area contributed by atoms with Crippen LogP contribution in [0.5, 0.6) is 0 Å². The van der Waals surface area contributed by atoms with Crippen LogP contribution < -0.4 is 0 Å². The number of nitrogens with zero attached hydrogens (tertiary/aromatic N) is 1. The minimum atomic E-state index is 0.704. The van der Waals surface area contributed by atoms with Crippen LogP contribution in [0, 0.1) is 5.92 Å². The van der Waals surface area contributed by atoms with Gasteiger partial charge in [-0.15, -0.1) is 0 Å². The molecule has 2 aliphatic rings. The van der Waals surface area contributed by atoms with E-state index in [9.17, 15) is 0 Å². The fraction of sp³-hybridized carbons (Fsp3) is 0.625. The quantitative estimate of drug-likeness (QED) is 0.761. The number of benzene rings is 1. The van der Waals surface area contributed by atoms with Crippen LogP contribution >= 0.6 is 0 Å². The number of hydrogen-bond donors (Lipinski definition) is 0. The average molecular weight is 229 g/mol. The summed E-state index contributed by atoms with van der Waals surface area (Å²) in [6.07, 6.45) is 5.76. The van der Waals surface area contributed by atoms with Crippen LogP contribution in [0.15, 0.2) is 30.3 Å². The van der Waals surface area contributed by atoms with Crippen LogP contribution in [0.25, 0.3) is 0 Å². The van der Waals surface area contributed by atoms with E-state index in [0.29, 0.717) is 5.92 Å². The van der Waals surface area contributed by atoms with Crippen molar-refractivity contribution < 1.29 is 0 Å². The van der Waals surface area contributed by atoms with E-state index in [-0.39, 0.29) is 0 Å². The molecule has 1 nitrogen and oxygen atoms in total. The molecule has 1 aromatic carbocycles. The molecular weight excluding hydrogens is 206 g/mol. The maximum Gasteiger partial charge on any atom is 0.00986 e. The minimum absolute atomic E-state index is 0.704. The Bertz CT molecular complexity index is 359. The molecule has 0 N–H and O–H groups in total. The molecule has 17 heavy (non-hydrogen) atoms. The Labute approximate surface area is 105 Å². The Hall–Kier alpha value is -0.820. The third kappa shape index (κ3) is 2.40. The summed E-state index contributed by atoms with van der Waals surface area (Å²) in [6, 6.07) is 11.9. The largest absolute Gasteiger partial charge is 0.300 e. The fourth-order valence-corrected chi connectivity index (χ4v) is 3.61. The van der Waals surface area contributed by atoms with Crippen LogP contribution in [0.4, 0.5) is 0 Å². The second-order valence-electron chi connectivity index (χ2n) is 5.93. The molecule has 1 aromatic rings. The van der Waals surface area contributed by atoms with E-state index in [0.717, 1.165) is 12.0 Å². The number of piperidine rings is 1. The van der Waals surface area contributed by atoms with Crippen molar-refractivity contribution >= 4 is 0 Å². The van der Waals surface area contributed by atoms with Gasteiger partial charge in [0.05, 0.1) is 0 Å². The van der Waals surface area contributed by atoms with Crippen LogP contribution in [0.2, 0.25) is 0 Å². The van der Waals surface area contributed by atoms with Gasteiger partial charge in [0.15, 0.2) is 0 Å². The molecule has 92 valence electrons. The highest BCUT2D eigenvalue weighted by molar-refractivity contribution is 5.18. The highest BCUT2D eigenvalue weighted by atomic mass is 15.2. The van der Waals surface area contributed by atoms with Crippen molar-refractivity contribution in [2.75, 3.05) is 13.1 Å². The lowest BCUT2D eigenvalue weighted by atomic mass is 9.97. The van der Waals surface area contributed by atoms with E-state index in [4.69, 9.17) is 0 Å². The summed E-state index contributed by atoms with van der Waals surface area (Å²) in [5, 5.41) is 0. The summed E-state index contributed by atoms with van der Waals surface area (Å²) < 4.78 is 0. The molecule has 0 aromatic heterocycles. The molecule has 1 heterocycles. The first-order valence-corrected chi connectivity index (χ1v) is 7.12. The van der Waals surface area contributed by atoms with Crippen molar-refractivity contribution in [2.24, 2.45) is 5.92 Å². The van der Waals surface area contributed by atoms with Gasteiger partial charge < -0.3 is 4.90 Å². The Morgan fingerprint density at radius 1 is 1.24 bits per heavy atom. The smallest absolute Gasteiger partial charge is 0.00986 e. The molecule has 1 saturated heterocycles. The number of rotatable bonds is 4. The van der Waals surface area contributed by atoms with Crippen LogP contribution in [-0.4, -0.2) is 24.0 Å². The standard InChI is InChI=1S/C16H23N/c1-13(15-5-3-2-4-6-15)9-10-17-12-14-7-8-16(17)11-14/h2-6,13-14,16H,7-12H2,1H3/t13?,14-,16-/m0/s1. The van der Waals surface area contributed by atoms with Gasteiger partial charge in [0.2, 0.25) is 0 Å². The van der Waals surface area contributed by atoms with E-state index < -0.39 is 0 Å². The lowest BCUT2D eigenvalue weighted by Gasteiger charge is -2.27. The van der Waals surface area contributed by atoms with Crippen molar-refractivity contribution in [3.63, 3.8) is 0 Å². The van der Waals surface area contributed by atoms with E-state index in [2.05, 4.69) is 42.2 Å². The monoisotopic (exact) mass is 229 g/mol. The van der Waals surface area contributed by atoms with Crippen molar-refractivity contribution in [3.05, 3.63) is 35.9 Å². The van der Waals surface area contributed by atoms with Gasteiger partial charge in [0.1, 0.15) is 0 Å². The minimum Gasteiger partial charge on any atom is -0.300 e. The van der Waals surface area contributed by atoms with E-state index in [1.54, 1.807) is 0 Å². The first-order chi connectivity index (χ1) is 8.33. The second kappa shape index (κ2) is 4.81. The fourth-order valence-electron chi connectivity index (χ4n) is 3.61. The molecule has 1 heteroatoms. The zero-order valence-electron chi connectivity index (χ0n) is 10.8. The number of fused-ring (bicyclic) bond motifs is 2. The molecular formula is C16H23N. The highest BCUT2D eigenvalue weighted by Crippen LogP contribution is 2.37. The Morgan fingerprint density at radius 2 is 2.06 bits per heavy atom. The summed E-state index contributed by atoms with van der Waals surface area (Å²) in [7, 11) is 0. The third-order valence-electron chi connectivity index (χ3n) is 4.74. The van der Waals surface area contributed by atoms with Gasteiger partial charge in [-0.2, -0.15) is 0 Å². The van der Waals surface area contributed by atoms with Crippen molar-refractivity contribution in [1.29, 1.82) is 0 Å². The Balaban J connectivity index is 1.51. The van der Waals surface area contributed by atoms with E-state index in [1.807, 2.05) is 0 Å². The lowest BCUT2D eigenvalue weighted by Crippen LogP contribution is -2.33. The Morgan fingerprint density at radius 3 is 2.71 bits per heavy atom. The molecule has 3 atom stereocenters. The molecule has 1 aliphatic heterocycles. The van der Waals surface area contributed by atoms with Crippen LogP contribution in [-0.2, 0) is 0 Å². The van der Waals surface area contributed by atoms with Gasteiger partial charge in [0, 0.05) is 12.6 Å². The lowest BCUT2D eigenvalue weighted by molar-refractivity contribution is 0.207. The van der Waals surface area contributed by atoms with Crippen LogP contribution in [0.3, 0.4) is 0 Å². The number of likely N-dealkylation sites (tertiary alicyclic amines) is 1. The maximum atomic E-state index is 2.74. The molecule has 2 bridgehead atoms. The molecule has 0 spiro atoms. The molecule has 1 unspecified atom stereocenters. The van der Waals surface area contributed by atoms with E-state index >= 15 is 0 Å². The van der Waals surface area contributed by atoms with Crippen molar-refractivity contribution in [1.82, 2.24) is 4.90 Å². The molecule has 2 fully saturated rings. The van der Waals surface area contributed by atoms with Crippen molar-refractivity contribution in [2.45, 2.75) is 44.6 Å². The zero-order valence-corrected chi connectivity index (χ0v) is 10.8. The first-order valence-electron chi connectivity index (χ1n) is 7.12. The normalized spacial score (nSPS) is 29.7. The van der Waals surface area contributed by atoms with Gasteiger partial charge >= 0.3 is 0 Å². The summed E-state index contributed by atoms with van der Waals surface area (Å²) in [4.78, 5) is 2.74. The predicted octanol–water partition coefficient (Wildman–Crippen LogP) is 3.66. The molecule has 1 aliphatic carbocycles. The van der Waals surface area contributed by atoms with Crippen LogP contribution in [0.1, 0.15) is 44.1 Å². The molecule has 3 rings (SSSR count).